The second-order valence-electron chi connectivity index (χ2n) is 4.31. The number of ether oxygens (including phenoxy) is 2. The van der Waals surface area contributed by atoms with Gasteiger partial charge in [0.25, 0.3) is 0 Å². The number of anilines is 1. The average molecular weight is 245 g/mol. The van der Waals surface area contributed by atoms with E-state index in [1.807, 2.05) is 38.4 Å². The molecule has 1 N–H and O–H groups in total. The molecule has 0 saturated carbocycles. The first-order valence-corrected chi connectivity index (χ1v) is 5.85. The Bertz CT molecular complexity index is 578. The van der Waals surface area contributed by atoms with Gasteiger partial charge in [0.2, 0.25) is 6.79 Å². The molecule has 0 spiro atoms. The molecule has 5 nitrogen and oxygen atoms in total. The summed E-state index contributed by atoms with van der Waals surface area (Å²) in [6, 6.07) is 5.92. The Balaban J connectivity index is 1.78. The lowest BCUT2D eigenvalue weighted by Crippen LogP contribution is -2.01. The topological polar surface area (TPSA) is 48.3 Å². The molecule has 2 aromatic rings. The van der Waals surface area contributed by atoms with E-state index in [4.69, 9.17) is 9.47 Å². The third-order valence-electron chi connectivity index (χ3n) is 2.96. The van der Waals surface area contributed by atoms with Crippen molar-refractivity contribution >= 4 is 5.69 Å². The first-order valence-electron chi connectivity index (χ1n) is 5.85. The van der Waals surface area contributed by atoms with E-state index in [2.05, 4.69) is 10.4 Å². The Morgan fingerprint density at radius 2 is 2.28 bits per heavy atom. The normalized spacial score (nSPS) is 12.8. The maximum absolute atomic E-state index is 5.47. The minimum atomic E-state index is 0.304. The number of nitrogens with zero attached hydrogens (tertiary/aromatic N) is 2. The molecular weight excluding hydrogens is 230 g/mol. The van der Waals surface area contributed by atoms with Crippen LogP contribution in [0.5, 0.6) is 11.5 Å². The first-order chi connectivity index (χ1) is 8.74. The molecule has 0 amide bonds. The number of para-hydroxylation sites is 1. The minimum Gasteiger partial charge on any atom is -0.454 e. The van der Waals surface area contributed by atoms with Crippen LogP contribution < -0.4 is 14.8 Å². The summed E-state index contributed by atoms with van der Waals surface area (Å²) in [6.45, 7) is 2.98. The van der Waals surface area contributed by atoms with Crippen LogP contribution >= 0.6 is 0 Å². The zero-order valence-corrected chi connectivity index (χ0v) is 10.4. The van der Waals surface area contributed by atoms with Crippen molar-refractivity contribution in [2.24, 2.45) is 7.05 Å². The quantitative estimate of drug-likeness (QED) is 0.899. The van der Waals surface area contributed by atoms with Gasteiger partial charge in [-0.05, 0) is 13.0 Å². The Morgan fingerprint density at radius 3 is 3.06 bits per heavy atom. The van der Waals surface area contributed by atoms with Crippen molar-refractivity contribution in [1.82, 2.24) is 9.78 Å². The van der Waals surface area contributed by atoms with Gasteiger partial charge >= 0.3 is 0 Å². The van der Waals surface area contributed by atoms with E-state index in [0.29, 0.717) is 13.3 Å². The van der Waals surface area contributed by atoms with Gasteiger partial charge in [0.1, 0.15) is 0 Å². The summed E-state index contributed by atoms with van der Waals surface area (Å²) in [5, 5.41) is 7.65. The van der Waals surface area contributed by atoms with E-state index in [9.17, 15) is 0 Å². The standard InChI is InChI=1S/C13H15N3O2/c1-9-11(7-16(2)15-9)14-6-10-4-3-5-12-13(10)18-8-17-12/h3-5,7,14H,6,8H2,1-2H3. The second-order valence-corrected chi connectivity index (χ2v) is 4.31. The number of rotatable bonds is 3. The van der Waals surface area contributed by atoms with Gasteiger partial charge in [0.05, 0.1) is 11.4 Å². The summed E-state index contributed by atoms with van der Waals surface area (Å²) < 4.78 is 12.6. The van der Waals surface area contributed by atoms with E-state index >= 15 is 0 Å². The summed E-state index contributed by atoms with van der Waals surface area (Å²) in [5.41, 5.74) is 3.12. The van der Waals surface area contributed by atoms with Gasteiger partial charge in [-0.25, -0.2) is 0 Å². The highest BCUT2D eigenvalue weighted by Crippen LogP contribution is 2.35. The molecule has 0 bridgehead atoms. The van der Waals surface area contributed by atoms with Crippen LogP contribution in [0.3, 0.4) is 0 Å². The van der Waals surface area contributed by atoms with Crippen LogP contribution in [-0.2, 0) is 13.6 Å². The predicted molar refractivity (Wildman–Crippen MR) is 67.8 cm³/mol. The average Bonchev–Trinajstić information content (AvgIpc) is 2.93. The maximum atomic E-state index is 5.47. The van der Waals surface area contributed by atoms with Crippen molar-refractivity contribution in [1.29, 1.82) is 0 Å². The highest BCUT2D eigenvalue weighted by Gasteiger charge is 2.17. The van der Waals surface area contributed by atoms with E-state index in [1.165, 1.54) is 0 Å². The van der Waals surface area contributed by atoms with Crippen molar-refractivity contribution in [2.75, 3.05) is 12.1 Å². The number of aryl methyl sites for hydroxylation is 2. The molecule has 0 fully saturated rings. The third kappa shape index (κ3) is 1.88. The third-order valence-corrected chi connectivity index (χ3v) is 2.96. The van der Waals surface area contributed by atoms with Gasteiger partial charge in [-0.3, -0.25) is 4.68 Å². The molecule has 1 aromatic heterocycles. The number of hydrogen-bond acceptors (Lipinski definition) is 4. The van der Waals surface area contributed by atoms with Gasteiger partial charge in [0, 0.05) is 25.4 Å². The minimum absolute atomic E-state index is 0.304. The Hall–Kier alpha value is -2.17. The number of hydrogen-bond donors (Lipinski definition) is 1. The van der Waals surface area contributed by atoms with Crippen LogP contribution in [0, 0.1) is 6.92 Å². The molecular formula is C13H15N3O2. The fraction of sp³-hybridized carbons (Fsp3) is 0.308. The van der Waals surface area contributed by atoms with Crippen molar-refractivity contribution in [3.05, 3.63) is 35.7 Å². The van der Waals surface area contributed by atoms with Crippen molar-refractivity contribution < 1.29 is 9.47 Å². The lowest BCUT2D eigenvalue weighted by atomic mass is 10.2. The van der Waals surface area contributed by atoms with Gasteiger partial charge < -0.3 is 14.8 Å². The van der Waals surface area contributed by atoms with Gasteiger partial charge in [0.15, 0.2) is 11.5 Å². The molecule has 5 heteroatoms. The molecule has 0 radical (unpaired) electrons. The SMILES string of the molecule is Cc1nn(C)cc1NCc1cccc2c1OCO2. The van der Waals surface area contributed by atoms with E-state index < -0.39 is 0 Å². The van der Waals surface area contributed by atoms with Crippen LogP contribution in [0.15, 0.2) is 24.4 Å². The van der Waals surface area contributed by atoms with Crippen LogP contribution in [0.25, 0.3) is 0 Å². The van der Waals surface area contributed by atoms with E-state index in [0.717, 1.165) is 28.4 Å². The van der Waals surface area contributed by atoms with Crippen molar-refractivity contribution in [2.45, 2.75) is 13.5 Å². The largest absolute Gasteiger partial charge is 0.454 e. The first kappa shape index (κ1) is 11.0. The summed E-state index contributed by atoms with van der Waals surface area (Å²) >= 11 is 0. The summed E-state index contributed by atoms with van der Waals surface area (Å²) in [7, 11) is 1.91. The molecule has 1 aliphatic heterocycles. The molecule has 94 valence electrons. The summed E-state index contributed by atoms with van der Waals surface area (Å²) in [5.74, 6) is 1.66. The summed E-state index contributed by atoms with van der Waals surface area (Å²) in [6.07, 6.45) is 1.97. The molecule has 18 heavy (non-hydrogen) atoms. The zero-order chi connectivity index (χ0) is 12.5. The van der Waals surface area contributed by atoms with Crippen LogP contribution in [0.1, 0.15) is 11.3 Å². The van der Waals surface area contributed by atoms with Crippen LogP contribution in [0.2, 0.25) is 0 Å². The Labute approximate surface area is 105 Å². The number of fused-ring (bicyclic) bond motifs is 1. The van der Waals surface area contributed by atoms with Crippen molar-refractivity contribution in [3.63, 3.8) is 0 Å². The number of benzene rings is 1. The predicted octanol–water partition coefficient (Wildman–Crippen LogP) is 2.07. The molecule has 1 aliphatic rings. The Morgan fingerprint density at radius 1 is 1.39 bits per heavy atom. The Kier molecular flexibility index (Phi) is 2.59. The van der Waals surface area contributed by atoms with Crippen LogP contribution in [-0.4, -0.2) is 16.6 Å². The number of aromatic nitrogens is 2. The maximum Gasteiger partial charge on any atom is 0.231 e. The monoisotopic (exact) mass is 245 g/mol. The fourth-order valence-corrected chi connectivity index (χ4v) is 2.09. The molecule has 0 unspecified atom stereocenters. The lowest BCUT2D eigenvalue weighted by Gasteiger charge is -2.07. The molecule has 2 heterocycles. The van der Waals surface area contributed by atoms with Gasteiger partial charge in [-0.1, -0.05) is 12.1 Å². The molecule has 0 aliphatic carbocycles. The molecule has 0 saturated heterocycles. The highest BCUT2D eigenvalue weighted by molar-refractivity contribution is 5.51. The van der Waals surface area contributed by atoms with Crippen molar-refractivity contribution in [3.8, 4) is 11.5 Å². The molecule has 0 atom stereocenters. The number of nitrogens with one attached hydrogen (secondary N) is 1. The summed E-state index contributed by atoms with van der Waals surface area (Å²) in [4.78, 5) is 0. The highest BCUT2D eigenvalue weighted by atomic mass is 16.7. The zero-order valence-electron chi connectivity index (χ0n) is 10.4. The fourth-order valence-electron chi connectivity index (χ4n) is 2.09. The lowest BCUT2D eigenvalue weighted by molar-refractivity contribution is 0.173. The smallest absolute Gasteiger partial charge is 0.231 e. The molecule has 3 rings (SSSR count). The second kappa shape index (κ2) is 4.25. The van der Waals surface area contributed by atoms with Gasteiger partial charge in [-0.2, -0.15) is 5.10 Å². The van der Waals surface area contributed by atoms with Crippen LogP contribution in [0.4, 0.5) is 5.69 Å². The van der Waals surface area contributed by atoms with E-state index in [1.54, 1.807) is 4.68 Å². The molecule has 1 aromatic carbocycles. The van der Waals surface area contributed by atoms with Gasteiger partial charge in [-0.15, -0.1) is 0 Å². The van der Waals surface area contributed by atoms with E-state index in [-0.39, 0.29) is 0 Å².